The van der Waals surface area contributed by atoms with Crippen LogP contribution in [0.5, 0.6) is 0 Å². The average molecular weight is 744 g/mol. The van der Waals surface area contributed by atoms with Crippen molar-refractivity contribution in [2.45, 2.75) is 78.7 Å². The van der Waals surface area contributed by atoms with E-state index in [0.29, 0.717) is 14.9 Å². The zero-order valence-electron chi connectivity index (χ0n) is 27.7. The van der Waals surface area contributed by atoms with Crippen molar-refractivity contribution >= 4 is 66.9 Å². The first-order chi connectivity index (χ1) is 22.2. The Balaban J connectivity index is 0.000000176. The highest BCUT2D eigenvalue weighted by atomic mass is 79.9. The summed E-state index contributed by atoms with van der Waals surface area (Å²) in [7, 11) is 0. The van der Waals surface area contributed by atoms with Crippen molar-refractivity contribution in [3.8, 4) is 0 Å². The van der Waals surface area contributed by atoms with Crippen LogP contribution in [0.3, 0.4) is 0 Å². The van der Waals surface area contributed by atoms with Crippen LogP contribution in [0.15, 0.2) is 63.9 Å². The van der Waals surface area contributed by atoms with Gasteiger partial charge in [0.15, 0.2) is 10.3 Å². The fraction of sp³-hybridized carbons (Fsp3) is 0.412. The summed E-state index contributed by atoms with van der Waals surface area (Å²) in [4.78, 5) is 33.8. The number of carbonyl (C=O) groups excluding carboxylic acids is 2. The third-order valence-corrected chi connectivity index (χ3v) is 8.86. The fourth-order valence-corrected chi connectivity index (χ4v) is 6.51. The molecule has 13 heteroatoms. The molecule has 0 radical (unpaired) electrons. The molecule has 2 amide bonds. The number of thiazole rings is 2. The molecule has 3 N–H and O–H groups in total. The van der Waals surface area contributed by atoms with Crippen LogP contribution in [0.25, 0.3) is 0 Å². The van der Waals surface area contributed by atoms with Gasteiger partial charge in [0.05, 0.1) is 0 Å². The van der Waals surface area contributed by atoms with E-state index in [1.807, 2.05) is 46.9 Å². The Morgan fingerprint density at radius 3 is 1.87 bits per heavy atom. The fourth-order valence-electron chi connectivity index (χ4n) is 4.67. The summed E-state index contributed by atoms with van der Waals surface area (Å²) in [6.07, 6.45) is 1.25. The van der Waals surface area contributed by atoms with Gasteiger partial charge in [0.2, 0.25) is 0 Å². The summed E-state index contributed by atoms with van der Waals surface area (Å²) in [6.45, 7) is 14.9. The topological polar surface area (TPSA) is 118 Å². The Hall–Kier alpha value is -3.52. The Labute approximate surface area is 293 Å². The number of rotatable bonds is 3. The number of fused-ring (bicyclic) bond motifs is 2. The van der Waals surface area contributed by atoms with Gasteiger partial charge in [-0.25, -0.2) is 19.6 Å². The molecule has 0 atom stereocenters. The number of anilines is 3. The first-order valence-corrected chi connectivity index (χ1v) is 17.9. The van der Waals surface area contributed by atoms with Crippen LogP contribution in [-0.2, 0) is 35.4 Å². The van der Waals surface area contributed by atoms with Gasteiger partial charge in [-0.05, 0) is 99.1 Å². The van der Waals surface area contributed by atoms with Crippen molar-refractivity contribution < 1.29 is 19.1 Å². The lowest BCUT2D eigenvalue weighted by atomic mass is 10.0. The number of hydrogen-bond acceptors (Lipinski definition) is 10. The number of aromatic nitrogens is 2. The van der Waals surface area contributed by atoms with Crippen LogP contribution in [0.4, 0.5) is 25.7 Å². The van der Waals surface area contributed by atoms with E-state index in [2.05, 4.69) is 95.3 Å². The Bertz CT molecular complexity index is 1600. The molecule has 0 fully saturated rings. The molecule has 2 aliphatic rings. The highest BCUT2D eigenvalue weighted by Gasteiger charge is 2.21. The lowest BCUT2D eigenvalue weighted by Gasteiger charge is -2.28. The third kappa shape index (κ3) is 12.5. The Morgan fingerprint density at radius 2 is 1.32 bits per heavy atom. The first-order valence-electron chi connectivity index (χ1n) is 15.4. The zero-order valence-corrected chi connectivity index (χ0v) is 30.9. The summed E-state index contributed by atoms with van der Waals surface area (Å²) >= 11 is 5.94. The number of hydrogen-bond donors (Lipinski definition) is 3. The van der Waals surface area contributed by atoms with Crippen LogP contribution in [0.2, 0.25) is 0 Å². The Kier molecular flexibility index (Phi) is 12.8. The highest BCUT2D eigenvalue weighted by Crippen LogP contribution is 2.28. The summed E-state index contributed by atoms with van der Waals surface area (Å²) in [5.41, 5.74) is 4.73. The van der Waals surface area contributed by atoms with E-state index in [0.717, 1.165) is 38.4 Å². The molecular formula is C34H43BrN6O4S2. The molecule has 2 aromatic heterocycles. The van der Waals surface area contributed by atoms with E-state index < -0.39 is 23.4 Å². The maximum absolute atomic E-state index is 11.8. The molecule has 6 rings (SSSR count). The molecule has 0 saturated heterocycles. The van der Waals surface area contributed by atoms with Crippen molar-refractivity contribution in [2.24, 2.45) is 0 Å². The number of ether oxygens (including phenoxy) is 2. The minimum absolute atomic E-state index is 0.470. The van der Waals surface area contributed by atoms with Crippen molar-refractivity contribution in [1.29, 1.82) is 0 Å². The number of amides is 2. The lowest BCUT2D eigenvalue weighted by Crippen LogP contribution is -2.30. The summed E-state index contributed by atoms with van der Waals surface area (Å²) in [6, 6.07) is 17.1. The SMILES string of the molecule is CC(C)(C)OC(=O)Nc1nc(Br)cs1.CC(C)(C)OC(=O)Nc1nc(N2CCc3ccccc3C2)cs1.c1ccc2c(c1)CCNC2. The molecule has 0 saturated carbocycles. The van der Waals surface area contributed by atoms with Gasteiger partial charge in [-0.15, -0.1) is 22.7 Å². The predicted molar refractivity (Wildman–Crippen MR) is 195 cm³/mol. The predicted octanol–water partition coefficient (Wildman–Crippen LogP) is 8.64. The van der Waals surface area contributed by atoms with Crippen LogP contribution >= 0.6 is 38.6 Å². The number of nitrogens with zero attached hydrogens (tertiary/aromatic N) is 3. The molecule has 0 aliphatic carbocycles. The standard InChI is InChI=1S/C17H21N3O2S.C9H11N.C8H11BrN2O2S/c1-17(2,3)22-16(21)19-15-18-14(11-23-15)20-9-8-12-6-4-5-7-13(12)10-20;1-2-4-9-7-10-6-5-8(9)3-1;1-8(2,3)13-7(12)11-6-10-5(9)4-14-6/h4-7,11H,8-10H2,1-3H3,(H,18,19,21);1-4,10H,5-7H2;4H,1-3H3,(H,10,11,12). The smallest absolute Gasteiger partial charge is 0.413 e. The van der Waals surface area contributed by atoms with E-state index >= 15 is 0 Å². The molecule has 0 spiro atoms. The summed E-state index contributed by atoms with van der Waals surface area (Å²) in [5.74, 6) is 0.899. The van der Waals surface area contributed by atoms with E-state index in [4.69, 9.17) is 9.47 Å². The number of nitrogens with one attached hydrogen (secondary N) is 3. The van der Waals surface area contributed by atoms with E-state index in [-0.39, 0.29) is 0 Å². The van der Waals surface area contributed by atoms with Crippen molar-refractivity contribution in [3.05, 3.63) is 86.1 Å². The van der Waals surface area contributed by atoms with Gasteiger partial charge >= 0.3 is 12.2 Å². The molecule has 2 aromatic carbocycles. The molecular weight excluding hydrogens is 700 g/mol. The molecule has 252 valence electrons. The zero-order chi connectivity index (χ0) is 34.0. The highest BCUT2D eigenvalue weighted by molar-refractivity contribution is 9.10. The quantitative estimate of drug-likeness (QED) is 0.191. The van der Waals surface area contributed by atoms with Gasteiger partial charge in [0, 0.05) is 30.4 Å². The monoisotopic (exact) mass is 742 g/mol. The summed E-state index contributed by atoms with van der Waals surface area (Å²) < 4.78 is 11.0. The maximum atomic E-state index is 11.8. The molecule has 2 aliphatic heterocycles. The van der Waals surface area contributed by atoms with Crippen LogP contribution in [-0.4, -0.2) is 46.4 Å². The van der Waals surface area contributed by atoms with E-state index in [1.165, 1.54) is 51.3 Å². The van der Waals surface area contributed by atoms with Crippen LogP contribution in [0.1, 0.15) is 63.8 Å². The van der Waals surface area contributed by atoms with Gasteiger partial charge in [-0.1, -0.05) is 48.5 Å². The molecule has 47 heavy (non-hydrogen) atoms. The summed E-state index contributed by atoms with van der Waals surface area (Å²) in [5, 5.41) is 13.4. The van der Waals surface area contributed by atoms with Crippen molar-refractivity contribution in [3.63, 3.8) is 0 Å². The van der Waals surface area contributed by atoms with Crippen LogP contribution in [0, 0.1) is 0 Å². The first kappa shape index (κ1) is 36.3. The average Bonchev–Trinajstić information content (AvgIpc) is 3.64. The van der Waals surface area contributed by atoms with Crippen molar-refractivity contribution in [1.82, 2.24) is 15.3 Å². The molecule has 4 heterocycles. The number of benzene rings is 2. The van der Waals surface area contributed by atoms with Crippen molar-refractivity contribution in [2.75, 3.05) is 28.6 Å². The number of carbonyl (C=O) groups is 2. The maximum Gasteiger partial charge on any atom is 0.413 e. The van der Waals surface area contributed by atoms with Gasteiger partial charge < -0.3 is 19.7 Å². The molecule has 0 unspecified atom stereocenters. The molecule has 10 nitrogen and oxygen atoms in total. The van der Waals surface area contributed by atoms with Gasteiger partial charge in [-0.2, -0.15) is 0 Å². The number of halogens is 1. The third-order valence-electron chi connectivity index (χ3n) is 6.64. The second-order valence-electron chi connectivity index (χ2n) is 12.9. The van der Waals surface area contributed by atoms with Gasteiger partial charge in [-0.3, -0.25) is 10.6 Å². The second kappa shape index (κ2) is 16.5. The van der Waals surface area contributed by atoms with Gasteiger partial charge in [0.1, 0.15) is 21.6 Å². The van der Waals surface area contributed by atoms with Crippen LogP contribution < -0.4 is 20.9 Å². The second-order valence-corrected chi connectivity index (χ2v) is 15.4. The normalized spacial score (nSPS) is 13.8. The molecule has 4 aromatic rings. The van der Waals surface area contributed by atoms with Gasteiger partial charge in [0.25, 0.3) is 0 Å². The lowest BCUT2D eigenvalue weighted by molar-refractivity contribution is 0.0624. The van der Waals surface area contributed by atoms with E-state index in [9.17, 15) is 9.59 Å². The molecule has 0 bridgehead atoms. The van der Waals surface area contributed by atoms with E-state index in [1.54, 1.807) is 5.38 Å². The minimum atomic E-state index is -0.513. The largest absolute Gasteiger partial charge is 0.444 e. The Morgan fingerprint density at radius 1 is 0.787 bits per heavy atom. The minimum Gasteiger partial charge on any atom is -0.444 e.